The van der Waals surface area contributed by atoms with Gasteiger partial charge in [-0.1, -0.05) is 43.4 Å². The Hall–Kier alpha value is -3.13. The van der Waals surface area contributed by atoms with Gasteiger partial charge in [-0.05, 0) is 30.7 Å². The monoisotopic (exact) mass is 442 g/mol. The maximum absolute atomic E-state index is 11.7. The van der Waals surface area contributed by atoms with Crippen LogP contribution in [0.3, 0.4) is 0 Å². The van der Waals surface area contributed by atoms with Gasteiger partial charge in [0, 0.05) is 30.3 Å². The molecule has 0 aliphatic carbocycles. The van der Waals surface area contributed by atoms with Crippen LogP contribution in [0.15, 0.2) is 47.4 Å². The molecule has 7 nitrogen and oxygen atoms in total. The lowest BCUT2D eigenvalue weighted by molar-refractivity contribution is -0.152. The molecular formula is C23H26N2O5S. The topological polar surface area (TPSA) is 102 Å². The van der Waals surface area contributed by atoms with E-state index in [0.717, 1.165) is 33.9 Å². The van der Waals surface area contributed by atoms with Gasteiger partial charge in [-0.3, -0.25) is 19.6 Å². The van der Waals surface area contributed by atoms with Crippen molar-refractivity contribution in [2.24, 2.45) is 5.92 Å². The summed E-state index contributed by atoms with van der Waals surface area (Å²) in [6.07, 6.45) is 2.53. The molecular weight excluding hydrogens is 416 g/mol. The lowest BCUT2D eigenvalue weighted by Crippen LogP contribution is -2.14. The molecule has 0 aliphatic heterocycles. The van der Waals surface area contributed by atoms with E-state index in [1.807, 2.05) is 43.3 Å². The van der Waals surface area contributed by atoms with Crippen LogP contribution in [0.4, 0.5) is 0 Å². The first kappa shape index (κ1) is 22.6. The number of thiazole rings is 1. The predicted molar refractivity (Wildman–Crippen MR) is 119 cm³/mol. The molecule has 0 radical (unpaired) electrons. The van der Waals surface area contributed by atoms with Gasteiger partial charge in [0.25, 0.3) is 0 Å². The van der Waals surface area contributed by atoms with Crippen molar-refractivity contribution in [2.75, 3.05) is 6.61 Å². The molecule has 1 aromatic carbocycles. The number of aromatic nitrogens is 2. The summed E-state index contributed by atoms with van der Waals surface area (Å²) in [5.41, 5.74) is 2.72. The van der Waals surface area contributed by atoms with E-state index in [2.05, 4.69) is 9.97 Å². The number of esters is 1. The van der Waals surface area contributed by atoms with Gasteiger partial charge in [-0.15, -0.1) is 0 Å². The fraction of sp³-hybridized carbons (Fsp3) is 0.348. The number of nitrogens with zero attached hydrogens (tertiary/aromatic N) is 1. The summed E-state index contributed by atoms with van der Waals surface area (Å²) in [6.45, 7) is 5.92. The minimum absolute atomic E-state index is 0.0682. The first-order valence-corrected chi connectivity index (χ1v) is 10.9. The molecule has 0 amide bonds. The summed E-state index contributed by atoms with van der Waals surface area (Å²) >= 11 is 1.01. The van der Waals surface area contributed by atoms with Gasteiger partial charge in [0.2, 0.25) is 5.88 Å². The van der Waals surface area contributed by atoms with Crippen LogP contribution in [0.2, 0.25) is 0 Å². The lowest BCUT2D eigenvalue weighted by Gasteiger charge is -2.15. The summed E-state index contributed by atoms with van der Waals surface area (Å²) in [4.78, 5) is 30.1. The molecule has 1 unspecified atom stereocenters. The van der Waals surface area contributed by atoms with Crippen molar-refractivity contribution in [3.8, 4) is 11.6 Å². The molecule has 0 bridgehead atoms. The van der Waals surface area contributed by atoms with E-state index >= 15 is 0 Å². The highest BCUT2D eigenvalue weighted by Crippen LogP contribution is 2.22. The third kappa shape index (κ3) is 6.42. The lowest BCUT2D eigenvalue weighted by atomic mass is 10.1. The molecule has 2 aromatic heterocycles. The summed E-state index contributed by atoms with van der Waals surface area (Å²) in [5, 5.41) is 9.68. The Kier molecular flexibility index (Phi) is 7.46. The van der Waals surface area contributed by atoms with Crippen LogP contribution in [0.1, 0.15) is 48.6 Å². The first-order chi connectivity index (χ1) is 14.8. The van der Waals surface area contributed by atoms with Gasteiger partial charge in [0.1, 0.15) is 11.9 Å². The molecule has 0 fully saturated rings. The van der Waals surface area contributed by atoms with E-state index < -0.39 is 0 Å². The number of aromatic hydroxyl groups is 1. The van der Waals surface area contributed by atoms with Crippen molar-refractivity contribution in [2.45, 2.75) is 39.7 Å². The molecule has 2 heterocycles. The van der Waals surface area contributed by atoms with Crippen LogP contribution in [0, 0.1) is 5.92 Å². The first-order valence-electron chi connectivity index (χ1n) is 10.1. The SMILES string of the molecule is CC(C)C(=O)OC(C)c1ccc(CCOc2ccc(Cc3sc(=O)[nH]c3O)cc2)nc1. The molecule has 0 aliphatic rings. The number of hydrogen-bond donors (Lipinski definition) is 2. The van der Waals surface area contributed by atoms with Crippen LogP contribution in [-0.4, -0.2) is 27.7 Å². The van der Waals surface area contributed by atoms with Gasteiger partial charge >= 0.3 is 10.8 Å². The standard InChI is InChI=1S/C23H26N2O5S/c1-14(2)22(27)30-15(3)17-6-7-18(24-13-17)10-11-29-19-8-4-16(5-9-19)12-20-21(26)25-23(28)31-20/h4-9,13-15,26H,10-12H2,1-3H3,(H,25,28). The second-order valence-electron chi connectivity index (χ2n) is 7.52. The molecule has 2 N–H and O–H groups in total. The minimum Gasteiger partial charge on any atom is -0.494 e. The smallest absolute Gasteiger partial charge is 0.308 e. The maximum atomic E-state index is 11.7. The number of rotatable bonds is 9. The van der Waals surface area contributed by atoms with E-state index in [0.29, 0.717) is 24.3 Å². The molecule has 3 rings (SSSR count). The number of H-pyrrole nitrogens is 1. The number of carbonyl (C=O) groups is 1. The highest BCUT2D eigenvalue weighted by molar-refractivity contribution is 7.09. The summed E-state index contributed by atoms with van der Waals surface area (Å²) in [6, 6.07) is 11.4. The number of benzene rings is 1. The largest absolute Gasteiger partial charge is 0.494 e. The molecule has 0 saturated carbocycles. The van der Waals surface area contributed by atoms with Crippen molar-refractivity contribution < 1.29 is 19.4 Å². The highest BCUT2D eigenvalue weighted by atomic mass is 32.1. The van der Waals surface area contributed by atoms with Crippen LogP contribution in [-0.2, 0) is 22.4 Å². The zero-order valence-corrected chi connectivity index (χ0v) is 18.6. The Morgan fingerprint density at radius 1 is 1.16 bits per heavy atom. The fourth-order valence-corrected chi connectivity index (χ4v) is 3.59. The third-order valence-corrected chi connectivity index (χ3v) is 5.57. The van der Waals surface area contributed by atoms with Gasteiger partial charge in [-0.2, -0.15) is 0 Å². The normalized spacial score (nSPS) is 12.0. The van der Waals surface area contributed by atoms with E-state index in [1.54, 1.807) is 20.0 Å². The number of ether oxygens (including phenoxy) is 2. The second kappa shape index (κ2) is 10.3. The van der Waals surface area contributed by atoms with Crippen LogP contribution in [0.25, 0.3) is 0 Å². The molecule has 31 heavy (non-hydrogen) atoms. The van der Waals surface area contributed by atoms with Gasteiger partial charge in [0.15, 0.2) is 0 Å². The number of carbonyl (C=O) groups excluding carboxylic acids is 1. The fourth-order valence-electron chi connectivity index (χ4n) is 2.84. The van der Waals surface area contributed by atoms with E-state index in [-0.39, 0.29) is 28.7 Å². The Morgan fingerprint density at radius 3 is 2.48 bits per heavy atom. The minimum atomic E-state index is -0.333. The van der Waals surface area contributed by atoms with Crippen molar-refractivity contribution in [1.82, 2.24) is 9.97 Å². The van der Waals surface area contributed by atoms with Gasteiger partial charge in [0.05, 0.1) is 17.4 Å². The number of pyridine rings is 1. The molecule has 0 spiro atoms. The van der Waals surface area contributed by atoms with E-state index in [9.17, 15) is 14.7 Å². The Bertz CT molecular complexity index is 1050. The van der Waals surface area contributed by atoms with Gasteiger partial charge in [-0.25, -0.2) is 0 Å². The molecule has 164 valence electrons. The molecule has 1 atom stereocenters. The Labute approximate surface area is 184 Å². The van der Waals surface area contributed by atoms with E-state index in [1.165, 1.54) is 0 Å². The Balaban J connectivity index is 1.47. The van der Waals surface area contributed by atoms with Gasteiger partial charge < -0.3 is 14.6 Å². The number of aromatic amines is 1. The molecule has 3 aromatic rings. The zero-order chi connectivity index (χ0) is 22.4. The summed E-state index contributed by atoms with van der Waals surface area (Å²) in [7, 11) is 0. The second-order valence-corrected chi connectivity index (χ2v) is 8.59. The zero-order valence-electron chi connectivity index (χ0n) is 17.8. The number of nitrogens with one attached hydrogen (secondary N) is 1. The average Bonchev–Trinajstić information content (AvgIpc) is 3.06. The number of hydrogen-bond acceptors (Lipinski definition) is 7. The predicted octanol–water partition coefficient (Wildman–Crippen LogP) is 4.01. The average molecular weight is 443 g/mol. The van der Waals surface area contributed by atoms with Crippen molar-refractivity contribution in [1.29, 1.82) is 0 Å². The highest BCUT2D eigenvalue weighted by Gasteiger charge is 2.15. The Morgan fingerprint density at radius 2 is 1.90 bits per heavy atom. The van der Waals surface area contributed by atoms with E-state index in [4.69, 9.17) is 9.47 Å². The molecule has 8 heteroatoms. The van der Waals surface area contributed by atoms with Crippen molar-refractivity contribution >= 4 is 17.3 Å². The van der Waals surface area contributed by atoms with Crippen LogP contribution < -0.4 is 9.61 Å². The van der Waals surface area contributed by atoms with Crippen molar-refractivity contribution in [3.63, 3.8) is 0 Å². The van der Waals surface area contributed by atoms with Crippen LogP contribution >= 0.6 is 11.3 Å². The quantitative estimate of drug-likeness (QED) is 0.486. The van der Waals surface area contributed by atoms with Crippen molar-refractivity contribution in [3.05, 3.63) is 74.0 Å². The third-order valence-electron chi connectivity index (χ3n) is 4.70. The summed E-state index contributed by atoms with van der Waals surface area (Å²) < 4.78 is 11.2. The molecule has 0 saturated heterocycles. The maximum Gasteiger partial charge on any atom is 0.308 e. The summed E-state index contributed by atoms with van der Waals surface area (Å²) in [5.74, 6) is 0.284. The van der Waals surface area contributed by atoms with Crippen LogP contribution in [0.5, 0.6) is 11.6 Å².